The molecule has 4 rings (SSSR count). The third-order valence-corrected chi connectivity index (χ3v) is 22.3. The van der Waals surface area contributed by atoms with Gasteiger partial charge in [-0.15, -0.1) is 0 Å². The quantitative estimate of drug-likeness (QED) is 0.0312. The first-order valence-electron chi connectivity index (χ1n) is 27.9. The average Bonchev–Trinajstić information content (AvgIpc) is 3.67. The van der Waals surface area contributed by atoms with Crippen molar-refractivity contribution in [1.29, 1.82) is 0 Å². The van der Waals surface area contributed by atoms with Crippen LogP contribution in [-0.2, 0) is 59.0 Å². The van der Waals surface area contributed by atoms with E-state index in [9.17, 15) is 0 Å². The molecule has 0 heterocycles. The third kappa shape index (κ3) is 19.8. The Bertz CT molecular complexity index is 1550. The van der Waals surface area contributed by atoms with Gasteiger partial charge in [0.1, 0.15) is 0 Å². The maximum Gasteiger partial charge on any atom is -1.00 e. The average molecular weight is 1020 g/mol. The van der Waals surface area contributed by atoms with Crippen molar-refractivity contribution in [3.05, 3.63) is 112 Å². The van der Waals surface area contributed by atoms with Crippen LogP contribution in [-0.4, -0.2) is 8.07 Å². The molecule has 0 saturated carbocycles. The van der Waals surface area contributed by atoms with E-state index in [0.717, 1.165) is 0 Å². The minimum absolute atomic E-state index is 0. The molecule has 1 aliphatic rings. The van der Waals surface area contributed by atoms with E-state index in [4.69, 9.17) is 0 Å². The molecule has 374 valence electrons. The minimum atomic E-state index is -2.89. The second kappa shape index (κ2) is 36.8. The summed E-state index contributed by atoms with van der Waals surface area (Å²) >= 11 is 2.74. The van der Waals surface area contributed by atoms with Crippen molar-refractivity contribution in [1.82, 2.24) is 0 Å². The van der Waals surface area contributed by atoms with Gasteiger partial charge in [0, 0.05) is 0 Å². The maximum absolute atomic E-state index is 2.89. The van der Waals surface area contributed by atoms with Crippen LogP contribution in [0, 0.1) is 0 Å². The summed E-state index contributed by atoms with van der Waals surface area (Å²) in [7, 11) is -2.89. The smallest absolute Gasteiger partial charge is 1.00 e. The van der Waals surface area contributed by atoms with Crippen molar-refractivity contribution in [2.24, 2.45) is 0 Å². The van der Waals surface area contributed by atoms with Crippen molar-refractivity contribution >= 4 is 23.6 Å². The molecular weight excluding hydrogens is 927 g/mol. The SMILES string of the molecule is CCCCCCc1cc(CCCCCC)cc([Si](c2cc(CCCCCC)cc(CCCCCC)c2)(c2cc(CCCCCC)cc(CCCCCC)c2)[C]2([Ti+3])C=CC=C2CCC)c1.[Cl-].[Cl-].[Cl-]. The summed E-state index contributed by atoms with van der Waals surface area (Å²) in [5, 5.41) is 5.09. The molecule has 0 nitrogen and oxygen atoms in total. The van der Waals surface area contributed by atoms with E-state index in [1.165, 1.54) is 205 Å². The zero-order valence-electron chi connectivity index (χ0n) is 44.2. The number of allylic oxidation sites excluding steroid dienone is 4. The van der Waals surface area contributed by atoms with Crippen molar-refractivity contribution in [3.63, 3.8) is 0 Å². The molecule has 3 aromatic rings. The van der Waals surface area contributed by atoms with Gasteiger partial charge in [0.05, 0.1) is 0 Å². The molecule has 5 heteroatoms. The molecular formula is C62H97Cl3SiTi. The van der Waals surface area contributed by atoms with E-state index < -0.39 is 8.07 Å². The molecule has 0 saturated heterocycles. The molecule has 0 aromatic heterocycles. The Kier molecular flexibility index (Phi) is 35.1. The van der Waals surface area contributed by atoms with Crippen molar-refractivity contribution in [2.45, 2.75) is 257 Å². The van der Waals surface area contributed by atoms with E-state index in [2.05, 4.69) is 142 Å². The summed E-state index contributed by atoms with van der Waals surface area (Å²) in [5.41, 5.74) is 11.3. The molecule has 0 amide bonds. The number of aryl methyl sites for hydroxylation is 6. The Morgan fingerprint density at radius 1 is 0.328 bits per heavy atom. The summed E-state index contributed by atoms with van der Waals surface area (Å²) in [6, 6.07) is 24.9. The van der Waals surface area contributed by atoms with Crippen LogP contribution in [0.2, 0.25) is 3.34 Å². The fourth-order valence-corrected chi connectivity index (χ4v) is 19.3. The van der Waals surface area contributed by atoms with E-state index in [1.807, 2.05) is 0 Å². The predicted molar refractivity (Wildman–Crippen MR) is 286 cm³/mol. The molecule has 0 radical (unpaired) electrons. The Morgan fingerprint density at radius 3 is 0.806 bits per heavy atom. The van der Waals surface area contributed by atoms with Crippen LogP contribution in [0.25, 0.3) is 0 Å². The Labute approximate surface area is 447 Å². The predicted octanol–water partition coefficient (Wildman–Crippen LogP) is 8.45. The number of unbranched alkanes of at least 4 members (excludes halogenated alkanes) is 18. The number of hydrogen-bond donors (Lipinski definition) is 0. The second-order valence-electron chi connectivity index (χ2n) is 20.3. The monoisotopic (exact) mass is 1020 g/mol. The summed E-state index contributed by atoms with van der Waals surface area (Å²) in [6.07, 6.45) is 48.9. The van der Waals surface area contributed by atoms with Crippen LogP contribution in [0.5, 0.6) is 0 Å². The normalized spacial score (nSPS) is 14.4. The molecule has 1 atom stereocenters. The maximum atomic E-state index is 2.82. The van der Waals surface area contributed by atoms with Gasteiger partial charge in [-0.05, 0) is 0 Å². The number of hydrogen-bond acceptors (Lipinski definition) is 0. The molecule has 0 aliphatic heterocycles. The molecule has 0 fully saturated rings. The van der Waals surface area contributed by atoms with Crippen molar-refractivity contribution in [3.8, 4) is 0 Å². The standard InChI is InChI=1S/C62H97Si.3ClH.Ti/c1-8-15-21-27-35-52-43-53(36-28-22-16-9-2)47-59(46-52)63(62-42-33-41-58(62)34-14-7,60-48-54(37-29-23-17-10-3)44-55(49-60)38-30-24-18-11-4)61-50-56(39-31-25-19-12-5)45-57(51-61)40-32-26-20-13-6;;;;/h33,41-51H,8-32,34-40H2,1-7H3;3*1H;/q;;;;+3/p-3. The molecule has 67 heavy (non-hydrogen) atoms. The summed E-state index contributed by atoms with van der Waals surface area (Å²) in [6.45, 7) is 16.6. The van der Waals surface area contributed by atoms with Gasteiger partial charge in [-0.3, -0.25) is 0 Å². The first-order chi connectivity index (χ1) is 31.3. The van der Waals surface area contributed by atoms with Crippen LogP contribution < -0.4 is 52.8 Å². The summed E-state index contributed by atoms with van der Waals surface area (Å²) in [4.78, 5) is 0. The largest absolute Gasteiger partial charge is 1.00 e. The van der Waals surface area contributed by atoms with Crippen molar-refractivity contribution < 1.29 is 57.7 Å². The van der Waals surface area contributed by atoms with Gasteiger partial charge in [0.2, 0.25) is 0 Å². The van der Waals surface area contributed by atoms with Crippen LogP contribution in [0.15, 0.2) is 78.4 Å². The van der Waals surface area contributed by atoms with E-state index >= 15 is 0 Å². The van der Waals surface area contributed by atoms with Crippen LogP contribution in [0.3, 0.4) is 0 Å². The Balaban J connectivity index is 0.00000748. The van der Waals surface area contributed by atoms with Crippen LogP contribution >= 0.6 is 0 Å². The van der Waals surface area contributed by atoms with Gasteiger partial charge in [-0.1, -0.05) is 0 Å². The first-order valence-corrected chi connectivity index (χ1v) is 30.6. The number of halogens is 3. The molecule has 1 aliphatic carbocycles. The Morgan fingerprint density at radius 2 is 0.582 bits per heavy atom. The van der Waals surface area contributed by atoms with E-state index in [1.54, 1.807) is 54.5 Å². The zero-order valence-corrected chi connectivity index (χ0v) is 49.0. The van der Waals surface area contributed by atoms with Crippen molar-refractivity contribution in [2.75, 3.05) is 0 Å². The molecule has 0 bridgehead atoms. The number of rotatable bonds is 36. The molecule has 3 aromatic carbocycles. The van der Waals surface area contributed by atoms with Gasteiger partial charge in [0.25, 0.3) is 0 Å². The van der Waals surface area contributed by atoms with Gasteiger partial charge in [-0.25, -0.2) is 0 Å². The summed E-state index contributed by atoms with van der Waals surface area (Å²) < 4.78 is -0.0794. The third-order valence-electron chi connectivity index (χ3n) is 14.6. The van der Waals surface area contributed by atoms with E-state index in [-0.39, 0.29) is 40.6 Å². The second-order valence-corrected chi connectivity index (χ2v) is 26.4. The number of benzene rings is 3. The van der Waals surface area contributed by atoms with Gasteiger partial charge in [-0.2, -0.15) is 0 Å². The minimum Gasteiger partial charge on any atom is -1.00 e. The van der Waals surface area contributed by atoms with Gasteiger partial charge in [0.15, 0.2) is 0 Å². The fraction of sp³-hybridized carbons (Fsp3) is 0.645. The zero-order chi connectivity index (χ0) is 45.9. The molecule has 0 N–H and O–H groups in total. The topological polar surface area (TPSA) is 0 Å². The molecule has 1 unspecified atom stereocenters. The van der Waals surface area contributed by atoms with Crippen LogP contribution in [0.1, 0.15) is 249 Å². The Hall–Kier alpha value is -1.06. The summed E-state index contributed by atoms with van der Waals surface area (Å²) in [5.74, 6) is 0. The van der Waals surface area contributed by atoms with E-state index in [0.29, 0.717) is 0 Å². The van der Waals surface area contributed by atoms with Crippen LogP contribution in [0.4, 0.5) is 0 Å². The first kappa shape index (κ1) is 64.0. The van der Waals surface area contributed by atoms with Gasteiger partial charge < -0.3 is 37.2 Å². The fourth-order valence-electron chi connectivity index (χ4n) is 11.0. The van der Waals surface area contributed by atoms with Gasteiger partial charge >= 0.3 is 413 Å². The molecule has 0 spiro atoms.